The molecular formula is C14H29N5O2. The molecule has 1 rings (SSSR count). The van der Waals surface area contributed by atoms with E-state index in [1.165, 1.54) is 0 Å². The van der Waals surface area contributed by atoms with Crippen molar-refractivity contribution >= 4 is 0 Å². The van der Waals surface area contributed by atoms with Crippen LogP contribution in [0.3, 0.4) is 0 Å². The summed E-state index contributed by atoms with van der Waals surface area (Å²) < 4.78 is 12.3. The molecule has 1 atom stereocenters. The van der Waals surface area contributed by atoms with Gasteiger partial charge in [0, 0.05) is 46.1 Å². The molecule has 0 fully saturated rings. The van der Waals surface area contributed by atoms with Gasteiger partial charge in [-0.3, -0.25) is 9.58 Å². The second kappa shape index (κ2) is 10.7. The molecule has 1 unspecified atom stereocenters. The van der Waals surface area contributed by atoms with Crippen molar-refractivity contribution in [3.63, 3.8) is 0 Å². The molecule has 0 bridgehead atoms. The molecule has 0 aliphatic rings. The molecule has 0 saturated carbocycles. The Morgan fingerprint density at radius 1 is 1.33 bits per heavy atom. The van der Waals surface area contributed by atoms with E-state index in [0.29, 0.717) is 12.6 Å². The SMILES string of the molecule is CCNCc1cn(CCN(CCOC)C(C)COC)nn1. The lowest BCUT2D eigenvalue weighted by atomic mass is 10.3. The fraction of sp³-hybridized carbons (Fsp3) is 0.857. The van der Waals surface area contributed by atoms with Gasteiger partial charge in [-0.05, 0) is 13.5 Å². The smallest absolute Gasteiger partial charge is 0.0964 e. The molecule has 0 radical (unpaired) electrons. The van der Waals surface area contributed by atoms with E-state index in [1.54, 1.807) is 14.2 Å². The maximum atomic E-state index is 5.24. The van der Waals surface area contributed by atoms with Gasteiger partial charge in [0.05, 0.1) is 25.5 Å². The van der Waals surface area contributed by atoms with Gasteiger partial charge in [-0.2, -0.15) is 0 Å². The summed E-state index contributed by atoms with van der Waals surface area (Å²) in [5, 5.41) is 11.6. The Kier molecular flexibility index (Phi) is 9.16. The van der Waals surface area contributed by atoms with Crippen molar-refractivity contribution in [3.8, 4) is 0 Å². The highest BCUT2D eigenvalue weighted by atomic mass is 16.5. The molecule has 0 saturated heterocycles. The number of ether oxygens (including phenoxy) is 2. The third-order valence-electron chi connectivity index (χ3n) is 3.37. The van der Waals surface area contributed by atoms with Crippen molar-refractivity contribution in [3.05, 3.63) is 11.9 Å². The highest BCUT2D eigenvalue weighted by Crippen LogP contribution is 2.01. The van der Waals surface area contributed by atoms with Crippen LogP contribution in [0.1, 0.15) is 19.5 Å². The summed E-state index contributed by atoms with van der Waals surface area (Å²) in [4.78, 5) is 2.35. The van der Waals surface area contributed by atoms with Crippen LogP contribution in [0, 0.1) is 0 Å². The minimum Gasteiger partial charge on any atom is -0.383 e. The van der Waals surface area contributed by atoms with E-state index < -0.39 is 0 Å². The van der Waals surface area contributed by atoms with E-state index >= 15 is 0 Å². The molecule has 1 heterocycles. The Morgan fingerprint density at radius 2 is 2.14 bits per heavy atom. The summed E-state index contributed by atoms with van der Waals surface area (Å²) in [6, 6.07) is 0.356. The average molecular weight is 299 g/mol. The van der Waals surface area contributed by atoms with E-state index in [0.717, 1.165) is 45.0 Å². The molecule has 7 heteroatoms. The van der Waals surface area contributed by atoms with Crippen molar-refractivity contribution in [2.24, 2.45) is 0 Å². The monoisotopic (exact) mass is 299 g/mol. The number of nitrogens with one attached hydrogen (secondary N) is 1. The third-order valence-corrected chi connectivity index (χ3v) is 3.37. The summed E-state index contributed by atoms with van der Waals surface area (Å²) in [5.41, 5.74) is 0.977. The summed E-state index contributed by atoms with van der Waals surface area (Å²) in [6.07, 6.45) is 2.00. The number of nitrogens with zero attached hydrogens (tertiary/aromatic N) is 4. The first-order valence-corrected chi connectivity index (χ1v) is 7.52. The molecule has 1 aromatic heterocycles. The summed E-state index contributed by atoms with van der Waals surface area (Å²) in [5.74, 6) is 0. The Balaban J connectivity index is 2.45. The number of methoxy groups -OCH3 is 2. The molecule has 1 N–H and O–H groups in total. The van der Waals surface area contributed by atoms with Crippen LogP contribution >= 0.6 is 0 Å². The van der Waals surface area contributed by atoms with Crippen LogP contribution in [0.2, 0.25) is 0 Å². The first-order chi connectivity index (χ1) is 10.2. The molecule has 0 spiro atoms. The zero-order valence-electron chi connectivity index (χ0n) is 13.7. The Bertz CT molecular complexity index is 372. The van der Waals surface area contributed by atoms with Gasteiger partial charge in [-0.15, -0.1) is 5.10 Å². The van der Waals surface area contributed by atoms with Crippen molar-refractivity contribution in [2.45, 2.75) is 33.0 Å². The normalized spacial score (nSPS) is 13.0. The van der Waals surface area contributed by atoms with E-state index in [2.05, 4.69) is 34.4 Å². The van der Waals surface area contributed by atoms with Crippen LogP contribution in [-0.2, 0) is 22.6 Å². The summed E-state index contributed by atoms with van der Waals surface area (Å²) >= 11 is 0. The first-order valence-electron chi connectivity index (χ1n) is 7.52. The van der Waals surface area contributed by atoms with Gasteiger partial charge >= 0.3 is 0 Å². The Morgan fingerprint density at radius 3 is 2.81 bits per heavy atom. The van der Waals surface area contributed by atoms with Gasteiger partial charge in [0.15, 0.2) is 0 Å². The largest absolute Gasteiger partial charge is 0.383 e. The zero-order chi connectivity index (χ0) is 15.5. The fourth-order valence-corrected chi connectivity index (χ4v) is 2.12. The molecule has 0 aromatic carbocycles. The number of hydrogen-bond acceptors (Lipinski definition) is 6. The van der Waals surface area contributed by atoms with E-state index in [-0.39, 0.29) is 0 Å². The van der Waals surface area contributed by atoms with Gasteiger partial charge in [0.2, 0.25) is 0 Å². The lowest BCUT2D eigenvalue weighted by molar-refractivity contribution is 0.0722. The van der Waals surface area contributed by atoms with E-state index in [1.807, 2.05) is 10.9 Å². The van der Waals surface area contributed by atoms with Crippen molar-refractivity contribution in [2.75, 3.05) is 47.1 Å². The van der Waals surface area contributed by atoms with Crippen molar-refractivity contribution < 1.29 is 9.47 Å². The topological polar surface area (TPSA) is 64.4 Å². The number of hydrogen-bond donors (Lipinski definition) is 1. The van der Waals surface area contributed by atoms with Gasteiger partial charge < -0.3 is 14.8 Å². The second-order valence-electron chi connectivity index (χ2n) is 5.09. The maximum absolute atomic E-state index is 5.24. The van der Waals surface area contributed by atoms with Gasteiger partial charge in [-0.25, -0.2) is 0 Å². The van der Waals surface area contributed by atoms with Gasteiger partial charge in [-0.1, -0.05) is 12.1 Å². The van der Waals surface area contributed by atoms with Crippen LogP contribution in [-0.4, -0.2) is 73.0 Å². The average Bonchev–Trinajstić information content (AvgIpc) is 2.93. The Hall–Kier alpha value is -1.02. The van der Waals surface area contributed by atoms with Crippen LogP contribution < -0.4 is 5.32 Å². The number of rotatable bonds is 12. The maximum Gasteiger partial charge on any atom is 0.0964 e. The van der Waals surface area contributed by atoms with Crippen LogP contribution in [0.15, 0.2) is 6.20 Å². The molecule has 0 aliphatic heterocycles. The Labute approximate surface area is 127 Å². The predicted molar refractivity (Wildman–Crippen MR) is 82.2 cm³/mol. The van der Waals surface area contributed by atoms with Crippen molar-refractivity contribution in [1.82, 2.24) is 25.2 Å². The highest BCUT2D eigenvalue weighted by molar-refractivity contribution is 4.91. The molecule has 1 aromatic rings. The van der Waals surface area contributed by atoms with E-state index in [9.17, 15) is 0 Å². The van der Waals surface area contributed by atoms with Crippen molar-refractivity contribution in [1.29, 1.82) is 0 Å². The highest BCUT2D eigenvalue weighted by Gasteiger charge is 2.13. The lowest BCUT2D eigenvalue weighted by Crippen LogP contribution is -2.40. The predicted octanol–water partition coefficient (Wildman–Crippen LogP) is 0.371. The quantitative estimate of drug-likeness (QED) is 0.602. The van der Waals surface area contributed by atoms with Gasteiger partial charge in [0.1, 0.15) is 0 Å². The molecule has 0 aliphatic carbocycles. The molecule has 21 heavy (non-hydrogen) atoms. The van der Waals surface area contributed by atoms with Gasteiger partial charge in [0.25, 0.3) is 0 Å². The summed E-state index contributed by atoms with van der Waals surface area (Å²) in [6.45, 7) is 9.99. The minimum atomic E-state index is 0.356. The van der Waals surface area contributed by atoms with E-state index in [4.69, 9.17) is 9.47 Å². The molecule has 0 amide bonds. The third kappa shape index (κ3) is 6.99. The lowest BCUT2D eigenvalue weighted by Gasteiger charge is -2.28. The standard InChI is InChI=1S/C14H29N5O2/c1-5-15-10-14-11-19(17-16-14)7-6-18(8-9-20-3)13(2)12-21-4/h11,13,15H,5-10,12H2,1-4H3. The molecule has 7 nitrogen and oxygen atoms in total. The van der Waals surface area contributed by atoms with Crippen LogP contribution in [0.4, 0.5) is 0 Å². The van der Waals surface area contributed by atoms with Crippen LogP contribution in [0.25, 0.3) is 0 Å². The minimum absolute atomic E-state index is 0.356. The molecule has 122 valence electrons. The fourth-order valence-electron chi connectivity index (χ4n) is 2.12. The zero-order valence-corrected chi connectivity index (χ0v) is 13.7. The van der Waals surface area contributed by atoms with Crippen LogP contribution in [0.5, 0.6) is 0 Å². The number of aromatic nitrogens is 3. The first kappa shape index (κ1) is 18.0. The molecular weight excluding hydrogens is 270 g/mol. The summed E-state index contributed by atoms with van der Waals surface area (Å²) in [7, 11) is 3.46. The second-order valence-corrected chi connectivity index (χ2v) is 5.09.